The number of ether oxygens (including phenoxy) is 2. The summed E-state index contributed by atoms with van der Waals surface area (Å²) in [5, 5.41) is 0. The molecule has 0 unspecified atom stereocenters. The molecule has 1 heterocycles. The highest BCUT2D eigenvalue weighted by molar-refractivity contribution is 5.86. The lowest BCUT2D eigenvalue weighted by Gasteiger charge is -2.37. The molecule has 98 valence electrons. The Morgan fingerprint density at radius 1 is 1.22 bits per heavy atom. The molecule has 0 aromatic heterocycles. The maximum atomic E-state index is 12.1. The van der Waals surface area contributed by atoms with Gasteiger partial charge in [0.15, 0.2) is 6.29 Å². The molecule has 18 heavy (non-hydrogen) atoms. The number of ketones is 1. The zero-order valence-corrected chi connectivity index (χ0v) is 11.2. The Hall–Kier alpha value is -1.19. The standard InChI is InChI=1S/C15H20O3/c1-11(2)13(16)15(3)9-17-14(18-10-15)12-7-5-4-6-8-12/h4-8,11,14H,9-10H2,1-3H3. The molecule has 0 saturated carbocycles. The summed E-state index contributed by atoms with van der Waals surface area (Å²) in [6.07, 6.45) is -0.348. The summed E-state index contributed by atoms with van der Waals surface area (Å²) in [6, 6.07) is 9.80. The van der Waals surface area contributed by atoms with E-state index in [1.54, 1.807) is 0 Å². The quantitative estimate of drug-likeness (QED) is 0.825. The van der Waals surface area contributed by atoms with Crippen molar-refractivity contribution in [2.24, 2.45) is 11.3 Å². The normalized spacial score (nSPS) is 28.3. The number of Topliss-reactive ketones (excluding diaryl/α,β-unsaturated/α-hetero) is 1. The Morgan fingerprint density at radius 3 is 2.28 bits per heavy atom. The van der Waals surface area contributed by atoms with Crippen LogP contribution < -0.4 is 0 Å². The second kappa shape index (κ2) is 5.21. The predicted molar refractivity (Wildman–Crippen MR) is 69.0 cm³/mol. The third-order valence-corrected chi connectivity index (χ3v) is 3.30. The van der Waals surface area contributed by atoms with E-state index in [1.807, 2.05) is 51.1 Å². The van der Waals surface area contributed by atoms with Crippen LogP contribution in [-0.2, 0) is 14.3 Å². The van der Waals surface area contributed by atoms with Crippen LogP contribution >= 0.6 is 0 Å². The lowest BCUT2D eigenvalue weighted by Crippen LogP contribution is -2.44. The van der Waals surface area contributed by atoms with Gasteiger partial charge in [0.1, 0.15) is 5.78 Å². The summed E-state index contributed by atoms with van der Waals surface area (Å²) in [4.78, 5) is 12.1. The molecule has 0 spiro atoms. The van der Waals surface area contributed by atoms with Gasteiger partial charge in [-0.3, -0.25) is 4.79 Å². The zero-order valence-electron chi connectivity index (χ0n) is 11.2. The Morgan fingerprint density at radius 2 is 1.78 bits per heavy atom. The van der Waals surface area contributed by atoms with Gasteiger partial charge in [0, 0.05) is 11.5 Å². The molecule has 2 rings (SSSR count). The largest absolute Gasteiger partial charge is 0.347 e. The summed E-state index contributed by atoms with van der Waals surface area (Å²) in [6.45, 7) is 6.58. The average molecular weight is 248 g/mol. The fourth-order valence-corrected chi connectivity index (χ4v) is 2.25. The van der Waals surface area contributed by atoms with Crippen molar-refractivity contribution in [1.29, 1.82) is 0 Å². The van der Waals surface area contributed by atoms with E-state index < -0.39 is 5.41 Å². The van der Waals surface area contributed by atoms with Crippen LogP contribution in [0.15, 0.2) is 30.3 Å². The number of rotatable bonds is 3. The highest BCUT2D eigenvalue weighted by Crippen LogP contribution is 2.33. The van der Waals surface area contributed by atoms with Crippen molar-refractivity contribution in [3.05, 3.63) is 35.9 Å². The van der Waals surface area contributed by atoms with Crippen LogP contribution in [0, 0.1) is 11.3 Å². The summed E-state index contributed by atoms with van der Waals surface area (Å²) >= 11 is 0. The zero-order chi connectivity index (χ0) is 13.2. The van der Waals surface area contributed by atoms with Gasteiger partial charge >= 0.3 is 0 Å². The van der Waals surface area contributed by atoms with Gasteiger partial charge in [-0.2, -0.15) is 0 Å². The van der Waals surface area contributed by atoms with Crippen molar-refractivity contribution in [3.63, 3.8) is 0 Å². The topological polar surface area (TPSA) is 35.5 Å². The number of hydrogen-bond acceptors (Lipinski definition) is 3. The van der Waals surface area contributed by atoms with E-state index in [0.717, 1.165) is 5.56 Å². The van der Waals surface area contributed by atoms with Gasteiger partial charge in [-0.05, 0) is 6.92 Å². The van der Waals surface area contributed by atoms with E-state index >= 15 is 0 Å². The minimum Gasteiger partial charge on any atom is -0.347 e. The first-order valence-corrected chi connectivity index (χ1v) is 6.35. The van der Waals surface area contributed by atoms with Crippen molar-refractivity contribution in [2.45, 2.75) is 27.1 Å². The Bertz CT molecular complexity index is 403. The van der Waals surface area contributed by atoms with Crippen molar-refractivity contribution >= 4 is 5.78 Å². The first kappa shape index (κ1) is 13.2. The van der Waals surface area contributed by atoms with E-state index in [0.29, 0.717) is 13.2 Å². The Balaban J connectivity index is 2.02. The second-order valence-electron chi connectivity index (χ2n) is 5.44. The third-order valence-electron chi connectivity index (χ3n) is 3.30. The van der Waals surface area contributed by atoms with Crippen LogP contribution in [0.4, 0.5) is 0 Å². The van der Waals surface area contributed by atoms with Gasteiger partial charge in [0.2, 0.25) is 0 Å². The van der Waals surface area contributed by atoms with Crippen molar-refractivity contribution < 1.29 is 14.3 Å². The fraction of sp³-hybridized carbons (Fsp3) is 0.533. The minimum absolute atomic E-state index is 0.00970. The van der Waals surface area contributed by atoms with Gasteiger partial charge < -0.3 is 9.47 Å². The lowest BCUT2D eigenvalue weighted by atomic mass is 9.81. The van der Waals surface area contributed by atoms with Crippen LogP contribution in [0.3, 0.4) is 0 Å². The van der Waals surface area contributed by atoms with Gasteiger partial charge in [-0.25, -0.2) is 0 Å². The maximum Gasteiger partial charge on any atom is 0.183 e. The van der Waals surface area contributed by atoms with Crippen LogP contribution in [0.2, 0.25) is 0 Å². The Labute approximate surface area is 108 Å². The van der Waals surface area contributed by atoms with Gasteiger partial charge in [-0.15, -0.1) is 0 Å². The van der Waals surface area contributed by atoms with E-state index in [9.17, 15) is 4.79 Å². The summed E-state index contributed by atoms with van der Waals surface area (Å²) < 4.78 is 11.4. The molecular weight excluding hydrogens is 228 g/mol. The molecule has 0 amide bonds. The molecule has 3 nitrogen and oxygen atoms in total. The van der Waals surface area contributed by atoms with Gasteiger partial charge in [0.05, 0.1) is 18.6 Å². The summed E-state index contributed by atoms with van der Waals surface area (Å²) in [5.74, 6) is 0.212. The molecule has 1 aromatic rings. The molecule has 1 aliphatic heterocycles. The first-order chi connectivity index (χ1) is 8.53. The highest BCUT2D eigenvalue weighted by atomic mass is 16.7. The second-order valence-corrected chi connectivity index (χ2v) is 5.44. The Kier molecular flexibility index (Phi) is 3.83. The molecule has 3 heteroatoms. The van der Waals surface area contributed by atoms with E-state index in [-0.39, 0.29) is 18.0 Å². The number of benzene rings is 1. The minimum atomic E-state index is -0.514. The molecule has 1 aromatic carbocycles. The highest BCUT2D eigenvalue weighted by Gasteiger charge is 2.40. The smallest absolute Gasteiger partial charge is 0.183 e. The van der Waals surface area contributed by atoms with Crippen molar-refractivity contribution in [2.75, 3.05) is 13.2 Å². The molecule has 0 aliphatic carbocycles. The molecule has 1 aliphatic rings. The van der Waals surface area contributed by atoms with Crippen LogP contribution in [0.25, 0.3) is 0 Å². The van der Waals surface area contributed by atoms with Gasteiger partial charge in [-0.1, -0.05) is 44.2 Å². The summed E-state index contributed by atoms with van der Waals surface area (Å²) in [5.41, 5.74) is 0.482. The van der Waals surface area contributed by atoms with E-state index in [2.05, 4.69) is 0 Å². The number of hydrogen-bond donors (Lipinski definition) is 0. The predicted octanol–water partition coefficient (Wildman–Crippen LogP) is 2.96. The van der Waals surface area contributed by atoms with Crippen LogP contribution in [-0.4, -0.2) is 19.0 Å². The van der Waals surface area contributed by atoms with Crippen LogP contribution in [0.1, 0.15) is 32.6 Å². The third kappa shape index (κ3) is 2.62. The molecular formula is C15H20O3. The monoisotopic (exact) mass is 248 g/mol. The van der Waals surface area contributed by atoms with Crippen LogP contribution in [0.5, 0.6) is 0 Å². The molecule has 0 atom stereocenters. The average Bonchev–Trinajstić information content (AvgIpc) is 2.39. The molecule has 1 saturated heterocycles. The van der Waals surface area contributed by atoms with Crippen molar-refractivity contribution in [3.8, 4) is 0 Å². The maximum absolute atomic E-state index is 12.1. The lowest BCUT2D eigenvalue weighted by molar-refractivity contribution is -0.228. The van der Waals surface area contributed by atoms with Crippen molar-refractivity contribution in [1.82, 2.24) is 0 Å². The molecule has 0 radical (unpaired) electrons. The SMILES string of the molecule is CC(C)C(=O)C1(C)COC(c2ccccc2)OC1. The summed E-state index contributed by atoms with van der Waals surface area (Å²) in [7, 11) is 0. The van der Waals surface area contributed by atoms with E-state index in [1.165, 1.54) is 0 Å². The van der Waals surface area contributed by atoms with E-state index in [4.69, 9.17) is 9.47 Å². The molecule has 1 fully saturated rings. The fourth-order valence-electron chi connectivity index (χ4n) is 2.25. The molecule has 0 N–H and O–H groups in total. The van der Waals surface area contributed by atoms with Gasteiger partial charge in [0.25, 0.3) is 0 Å². The number of carbonyl (C=O) groups is 1. The molecule has 0 bridgehead atoms. The first-order valence-electron chi connectivity index (χ1n) is 6.35. The number of carbonyl (C=O) groups excluding carboxylic acids is 1.